The van der Waals surface area contributed by atoms with Crippen molar-refractivity contribution in [3.8, 4) is 0 Å². The summed E-state index contributed by atoms with van der Waals surface area (Å²) in [5, 5.41) is 2.72. The number of nitrogens with one attached hydrogen (secondary N) is 1. The average Bonchev–Trinajstić information content (AvgIpc) is 2.44. The number of carbonyl (C=O) groups is 2. The van der Waals surface area contributed by atoms with E-state index in [1.54, 1.807) is 11.9 Å². The fourth-order valence-electron chi connectivity index (χ4n) is 2.43. The Hall–Kier alpha value is -0.810. The average molecular weight is 306 g/mol. The van der Waals surface area contributed by atoms with Crippen LogP contribution in [0.5, 0.6) is 0 Å². The van der Waals surface area contributed by atoms with Gasteiger partial charge < -0.3 is 16.0 Å². The van der Waals surface area contributed by atoms with E-state index in [-0.39, 0.29) is 36.8 Å². The number of nitrogens with two attached hydrogens (primary N) is 1. The number of likely N-dealkylation sites (N-methyl/N-ethyl adjacent to an activating group) is 1. The fraction of sp³-hybridized carbons (Fsp3) is 0.857. The first kappa shape index (κ1) is 19.2. The van der Waals surface area contributed by atoms with Gasteiger partial charge in [-0.25, -0.2) is 0 Å². The van der Waals surface area contributed by atoms with Crippen LogP contribution < -0.4 is 11.1 Å². The molecule has 6 heteroatoms. The van der Waals surface area contributed by atoms with E-state index in [4.69, 9.17) is 5.73 Å². The zero-order valence-corrected chi connectivity index (χ0v) is 13.4. The predicted octanol–water partition coefficient (Wildman–Crippen LogP) is 1.30. The van der Waals surface area contributed by atoms with Gasteiger partial charge in [0.25, 0.3) is 0 Å². The summed E-state index contributed by atoms with van der Waals surface area (Å²) in [7, 11) is 1.72. The molecule has 2 amide bonds. The van der Waals surface area contributed by atoms with Gasteiger partial charge in [-0.15, -0.1) is 12.4 Å². The summed E-state index contributed by atoms with van der Waals surface area (Å²) >= 11 is 0. The second kappa shape index (κ2) is 10.00. The summed E-state index contributed by atoms with van der Waals surface area (Å²) < 4.78 is 0. The van der Waals surface area contributed by atoms with Crippen molar-refractivity contribution in [3.05, 3.63) is 0 Å². The number of halogens is 1. The number of amides is 2. The Balaban J connectivity index is 0.00000361. The van der Waals surface area contributed by atoms with Crippen LogP contribution in [-0.2, 0) is 9.59 Å². The van der Waals surface area contributed by atoms with Crippen molar-refractivity contribution in [1.82, 2.24) is 10.2 Å². The summed E-state index contributed by atoms with van der Waals surface area (Å²) in [6.07, 6.45) is 6.60. The summed E-state index contributed by atoms with van der Waals surface area (Å²) in [6.45, 7) is 2.40. The topological polar surface area (TPSA) is 75.4 Å². The fourth-order valence-corrected chi connectivity index (χ4v) is 2.43. The van der Waals surface area contributed by atoms with E-state index in [1.165, 1.54) is 19.3 Å². The molecule has 1 atom stereocenters. The summed E-state index contributed by atoms with van der Waals surface area (Å²) in [4.78, 5) is 25.2. The lowest BCUT2D eigenvalue weighted by Crippen LogP contribution is -2.45. The first-order valence-corrected chi connectivity index (χ1v) is 7.27. The highest BCUT2D eigenvalue weighted by molar-refractivity contribution is 5.85. The number of nitrogens with zero attached hydrogens (tertiary/aromatic N) is 1. The van der Waals surface area contributed by atoms with E-state index in [1.807, 2.05) is 6.92 Å². The van der Waals surface area contributed by atoms with Crippen LogP contribution in [0.3, 0.4) is 0 Å². The van der Waals surface area contributed by atoms with Gasteiger partial charge in [-0.05, 0) is 25.7 Å². The zero-order chi connectivity index (χ0) is 14.3. The van der Waals surface area contributed by atoms with Gasteiger partial charge in [0, 0.05) is 26.1 Å². The number of carbonyl (C=O) groups excluding carboxylic acids is 2. The van der Waals surface area contributed by atoms with Crippen LogP contribution in [0.2, 0.25) is 0 Å². The van der Waals surface area contributed by atoms with Gasteiger partial charge in [-0.2, -0.15) is 0 Å². The molecule has 1 aliphatic carbocycles. The third-order valence-corrected chi connectivity index (χ3v) is 4.03. The van der Waals surface area contributed by atoms with E-state index >= 15 is 0 Å². The first-order chi connectivity index (χ1) is 9.04. The molecule has 0 aliphatic heterocycles. The van der Waals surface area contributed by atoms with Gasteiger partial charge in [0.05, 0.1) is 6.54 Å². The van der Waals surface area contributed by atoms with Gasteiger partial charge in [0.2, 0.25) is 11.8 Å². The third kappa shape index (κ3) is 6.57. The van der Waals surface area contributed by atoms with Crippen LogP contribution in [0.25, 0.3) is 0 Å². The molecule has 0 heterocycles. The lowest BCUT2D eigenvalue weighted by atomic mass is 9.87. The molecule has 1 aliphatic rings. The Morgan fingerprint density at radius 3 is 2.45 bits per heavy atom. The second-order valence-corrected chi connectivity index (χ2v) is 5.57. The van der Waals surface area contributed by atoms with Crippen LogP contribution in [-0.4, -0.2) is 42.9 Å². The van der Waals surface area contributed by atoms with Crippen molar-refractivity contribution in [2.24, 2.45) is 11.7 Å². The molecule has 0 aromatic carbocycles. The monoisotopic (exact) mass is 305 g/mol. The highest BCUT2D eigenvalue weighted by Crippen LogP contribution is 2.25. The van der Waals surface area contributed by atoms with E-state index in [0.717, 1.165) is 12.8 Å². The molecule has 118 valence electrons. The Morgan fingerprint density at radius 1 is 1.30 bits per heavy atom. The van der Waals surface area contributed by atoms with Crippen molar-refractivity contribution in [3.63, 3.8) is 0 Å². The number of rotatable bonds is 6. The Morgan fingerprint density at radius 2 is 1.90 bits per heavy atom. The highest BCUT2D eigenvalue weighted by atomic mass is 35.5. The molecular formula is C14H28ClN3O2. The van der Waals surface area contributed by atoms with Crippen LogP contribution in [0.1, 0.15) is 45.4 Å². The van der Waals surface area contributed by atoms with Crippen LogP contribution in [0.4, 0.5) is 0 Å². The molecular weight excluding hydrogens is 278 g/mol. The van der Waals surface area contributed by atoms with Crippen LogP contribution in [0, 0.1) is 5.92 Å². The molecule has 1 unspecified atom stereocenters. The second-order valence-electron chi connectivity index (χ2n) is 5.57. The largest absolute Gasteiger partial charge is 0.347 e. The third-order valence-electron chi connectivity index (χ3n) is 4.03. The lowest BCUT2D eigenvalue weighted by Gasteiger charge is -2.24. The van der Waals surface area contributed by atoms with Crippen molar-refractivity contribution in [1.29, 1.82) is 0 Å². The van der Waals surface area contributed by atoms with E-state index < -0.39 is 0 Å². The molecule has 1 saturated carbocycles. The summed E-state index contributed by atoms with van der Waals surface area (Å²) in [5.41, 5.74) is 5.51. The molecule has 0 aromatic heterocycles. The van der Waals surface area contributed by atoms with Crippen LogP contribution in [0.15, 0.2) is 0 Å². The van der Waals surface area contributed by atoms with Gasteiger partial charge in [-0.3, -0.25) is 9.59 Å². The maximum absolute atomic E-state index is 11.8. The minimum Gasteiger partial charge on any atom is -0.347 e. The summed E-state index contributed by atoms with van der Waals surface area (Å²) in [6, 6.07) is 0.00254. The maximum atomic E-state index is 11.8. The maximum Gasteiger partial charge on any atom is 0.241 e. The number of hydrogen-bond acceptors (Lipinski definition) is 3. The van der Waals surface area contributed by atoms with Crippen molar-refractivity contribution in [2.45, 2.75) is 51.5 Å². The van der Waals surface area contributed by atoms with Crippen molar-refractivity contribution in [2.75, 3.05) is 20.1 Å². The SMILES string of the molecule is CC(CN)N(C)C(=O)CNC(=O)CC1CCCCC1.Cl. The van der Waals surface area contributed by atoms with Gasteiger partial charge in [0.1, 0.15) is 0 Å². The molecule has 0 radical (unpaired) electrons. The molecule has 20 heavy (non-hydrogen) atoms. The van der Waals surface area contributed by atoms with Gasteiger partial charge >= 0.3 is 0 Å². The highest BCUT2D eigenvalue weighted by Gasteiger charge is 2.19. The standard InChI is InChI=1S/C14H27N3O2.ClH/c1-11(9-15)17(2)14(19)10-16-13(18)8-12-6-4-3-5-7-12;/h11-12H,3-10,15H2,1-2H3,(H,16,18);1H. The Bertz CT molecular complexity index is 307. The van der Waals surface area contributed by atoms with Crippen molar-refractivity contribution < 1.29 is 9.59 Å². The lowest BCUT2D eigenvalue weighted by molar-refractivity contribution is -0.133. The first-order valence-electron chi connectivity index (χ1n) is 7.27. The van der Waals surface area contributed by atoms with E-state index in [9.17, 15) is 9.59 Å². The Kier molecular flexibility index (Phi) is 9.59. The molecule has 1 fully saturated rings. The van der Waals surface area contributed by atoms with Crippen LogP contribution >= 0.6 is 12.4 Å². The molecule has 3 N–H and O–H groups in total. The predicted molar refractivity (Wildman–Crippen MR) is 82.7 cm³/mol. The molecule has 5 nitrogen and oxygen atoms in total. The smallest absolute Gasteiger partial charge is 0.241 e. The Labute approximate surface area is 128 Å². The molecule has 0 aromatic rings. The normalized spacial score (nSPS) is 16.9. The minimum absolute atomic E-state index is 0. The van der Waals surface area contributed by atoms with Crippen molar-refractivity contribution >= 4 is 24.2 Å². The number of hydrogen-bond donors (Lipinski definition) is 2. The van der Waals surface area contributed by atoms with Gasteiger partial charge in [0.15, 0.2) is 0 Å². The van der Waals surface area contributed by atoms with E-state index in [2.05, 4.69) is 5.32 Å². The molecule has 0 bridgehead atoms. The minimum atomic E-state index is -0.0880. The molecule has 0 spiro atoms. The molecule has 1 rings (SSSR count). The van der Waals surface area contributed by atoms with Gasteiger partial charge in [-0.1, -0.05) is 19.3 Å². The van der Waals surface area contributed by atoms with E-state index in [0.29, 0.717) is 18.9 Å². The summed E-state index contributed by atoms with van der Waals surface area (Å²) in [5.74, 6) is 0.411. The quantitative estimate of drug-likeness (QED) is 0.776. The molecule has 0 saturated heterocycles. The zero-order valence-electron chi connectivity index (χ0n) is 12.6.